The highest BCUT2D eigenvalue weighted by atomic mass is 16.5. The third kappa shape index (κ3) is 1.59. The van der Waals surface area contributed by atoms with Gasteiger partial charge < -0.3 is 15.4 Å². The molecule has 98 valence electrons. The van der Waals surface area contributed by atoms with Gasteiger partial charge in [-0.1, -0.05) is 13.8 Å². The Morgan fingerprint density at radius 3 is 2.65 bits per heavy atom. The van der Waals surface area contributed by atoms with E-state index < -0.39 is 0 Å². The van der Waals surface area contributed by atoms with E-state index in [4.69, 9.17) is 10.5 Å². The van der Waals surface area contributed by atoms with Crippen molar-refractivity contribution in [3.63, 3.8) is 0 Å². The number of fused-ring (bicyclic) bond motifs is 1. The number of hydrogen-bond donors (Lipinski definition) is 1. The van der Waals surface area contributed by atoms with E-state index in [-0.39, 0.29) is 11.0 Å². The molecule has 0 bridgehead atoms. The maximum absolute atomic E-state index is 6.78. The number of nitrogens with zero attached hydrogens (tertiary/aromatic N) is 1. The van der Waals surface area contributed by atoms with Crippen LogP contribution in [0.4, 0.5) is 0 Å². The molecule has 1 aliphatic heterocycles. The summed E-state index contributed by atoms with van der Waals surface area (Å²) in [5.74, 6) is 0.576. The summed E-state index contributed by atoms with van der Waals surface area (Å²) in [6, 6.07) is 0.801. The van der Waals surface area contributed by atoms with Crippen molar-refractivity contribution in [3.8, 4) is 0 Å². The van der Waals surface area contributed by atoms with Crippen LogP contribution in [-0.2, 0) is 4.74 Å². The Balaban J connectivity index is 1.75. The van der Waals surface area contributed by atoms with Gasteiger partial charge in [-0.05, 0) is 32.7 Å². The molecule has 3 nitrogen and oxygen atoms in total. The third-order valence-corrected chi connectivity index (χ3v) is 5.58. The van der Waals surface area contributed by atoms with Gasteiger partial charge >= 0.3 is 0 Å². The highest BCUT2D eigenvalue weighted by Gasteiger charge is 2.66. The lowest BCUT2D eigenvalue weighted by molar-refractivity contribution is -0.231. The van der Waals surface area contributed by atoms with Crippen LogP contribution in [0.1, 0.15) is 39.5 Å². The molecule has 0 radical (unpaired) electrons. The molecular weight excluding hydrogens is 212 g/mol. The lowest BCUT2D eigenvalue weighted by atomic mass is 9.46. The largest absolute Gasteiger partial charge is 0.377 e. The molecule has 1 saturated heterocycles. The first-order valence-corrected chi connectivity index (χ1v) is 7.07. The van der Waals surface area contributed by atoms with E-state index in [1.807, 2.05) is 0 Å². The van der Waals surface area contributed by atoms with Gasteiger partial charge in [0.1, 0.15) is 0 Å². The zero-order valence-corrected chi connectivity index (χ0v) is 11.4. The number of rotatable bonds is 3. The summed E-state index contributed by atoms with van der Waals surface area (Å²) in [7, 11) is 2.24. The minimum atomic E-state index is -0.0462. The molecule has 3 atom stereocenters. The van der Waals surface area contributed by atoms with Gasteiger partial charge in [0.2, 0.25) is 0 Å². The average Bonchev–Trinajstić information content (AvgIpc) is 3.12. The summed E-state index contributed by atoms with van der Waals surface area (Å²) in [5, 5.41) is 0. The number of ether oxygens (including phenoxy) is 1. The molecular formula is C14H26N2O. The van der Waals surface area contributed by atoms with Crippen molar-refractivity contribution in [1.82, 2.24) is 4.90 Å². The van der Waals surface area contributed by atoms with E-state index in [9.17, 15) is 0 Å². The average molecular weight is 238 g/mol. The number of likely N-dealkylation sites (N-methyl/N-ethyl adjacent to an activating group) is 1. The van der Waals surface area contributed by atoms with E-state index in [2.05, 4.69) is 25.8 Å². The molecule has 0 spiro atoms. The molecule has 0 aromatic carbocycles. The zero-order chi connectivity index (χ0) is 12.3. The van der Waals surface area contributed by atoms with Crippen molar-refractivity contribution in [2.45, 2.75) is 57.2 Å². The predicted octanol–water partition coefficient (Wildman–Crippen LogP) is 1.61. The third-order valence-electron chi connectivity index (χ3n) is 5.58. The molecule has 2 aliphatic carbocycles. The van der Waals surface area contributed by atoms with Gasteiger partial charge in [0.25, 0.3) is 0 Å². The van der Waals surface area contributed by atoms with Crippen LogP contribution in [-0.4, -0.2) is 42.8 Å². The standard InChI is InChI=1S/C14H26N2O/c1-13(2)12-11(5-4-8-17-12)14(13,15)9-16(3)10-6-7-10/h10-12H,4-9,15H2,1-3H3. The summed E-state index contributed by atoms with van der Waals surface area (Å²) in [6.45, 7) is 6.55. The number of nitrogens with two attached hydrogens (primary N) is 1. The molecule has 3 rings (SSSR count). The molecule has 0 aromatic heterocycles. The van der Waals surface area contributed by atoms with Crippen molar-refractivity contribution in [1.29, 1.82) is 0 Å². The molecule has 3 unspecified atom stereocenters. The quantitative estimate of drug-likeness (QED) is 0.812. The minimum absolute atomic E-state index is 0.0462. The lowest BCUT2D eigenvalue weighted by Crippen LogP contribution is -2.80. The van der Waals surface area contributed by atoms with Gasteiger partial charge in [-0.2, -0.15) is 0 Å². The van der Waals surface area contributed by atoms with Crippen LogP contribution in [0.2, 0.25) is 0 Å². The highest BCUT2D eigenvalue weighted by Crippen LogP contribution is 2.57. The summed E-state index contributed by atoms with van der Waals surface area (Å²) < 4.78 is 5.95. The molecule has 3 fully saturated rings. The minimum Gasteiger partial charge on any atom is -0.377 e. The normalized spacial score (nSPS) is 44.3. The first kappa shape index (κ1) is 11.9. The highest BCUT2D eigenvalue weighted by molar-refractivity contribution is 5.21. The second-order valence-corrected chi connectivity index (χ2v) is 6.95. The molecule has 3 aliphatic rings. The van der Waals surface area contributed by atoms with Crippen LogP contribution in [0.5, 0.6) is 0 Å². The molecule has 0 aromatic rings. The van der Waals surface area contributed by atoms with Crippen molar-refractivity contribution >= 4 is 0 Å². The van der Waals surface area contributed by atoms with E-state index >= 15 is 0 Å². The van der Waals surface area contributed by atoms with Crippen LogP contribution in [0.3, 0.4) is 0 Å². The smallest absolute Gasteiger partial charge is 0.0690 e. The molecule has 3 heteroatoms. The summed E-state index contributed by atoms with van der Waals surface area (Å²) in [6.07, 6.45) is 5.55. The molecule has 1 heterocycles. The molecule has 2 N–H and O–H groups in total. The van der Waals surface area contributed by atoms with E-state index in [0.29, 0.717) is 12.0 Å². The van der Waals surface area contributed by atoms with E-state index in [0.717, 1.165) is 19.2 Å². The first-order chi connectivity index (χ1) is 7.97. The van der Waals surface area contributed by atoms with Gasteiger partial charge in [-0.15, -0.1) is 0 Å². The molecule has 0 amide bonds. The fourth-order valence-electron chi connectivity index (χ4n) is 4.04. The zero-order valence-electron chi connectivity index (χ0n) is 11.4. The van der Waals surface area contributed by atoms with Crippen LogP contribution >= 0.6 is 0 Å². The van der Waals surface area contributed by atoms with Gasteiger partial charge in [0.15, 0.2) is 0 Å². The Labute approximate surface area is 105 Å². The van der Waals surface area contributed by atoms with Crippen LogP contribution in [0, 0.1) is 11.3 Å². The summed E-state index contributed by atoms with van der Waals surface area (Å²) in [5.41, 5.74) is 6.86. The van der Waals surface area contributed by atoms with Gasteiger partial charge in [0, 0.05) is 36.1 Å². The number of hydrogen-bond acceptors (Lipinski definition) is 3. The fourth-order valence-corrected chi connectivity index (χ4v) is 4.04. The Hall–Kier alpha value is -0.120. The predicted molar refractivity (Wildman–Crippen MR) is 68.8 cm³/mol. The van der Waals surface area contributed by atoms with E-state index in [1.54, 1.807) is 0 Å². The monoisotopic (exact) mass is 238 g/mol. The Kier molecular flexibility index (Phi) is 2.59. The van der Waals surface area contributed by atoms with Crippen molar-refractivity contribution < 1.29 is 4.74 Å². The van der Waals surface area contributed by atoms with Crippen LogP contribution < -0.4 is 5.73 Å². The Morgan fingerprint density at radius 2 is 2.00 bits per heavy atom. The molecule has 2 saturated carbocycles. The topological polar surface area (TPSA) is 38.5 Å². The maximum atomic E-state index is 6.78. The fraction of sp³-hybridized carbons (Fsp3) is 1.00. The summed E-state index contributed by atoms with van der Waals surface area (Å²) >= 11 is 0. The SMILES string of the molecule is CN(CC1(N)C2CCCOC2C1(C)C)C1CC1. The second-order valence-electron chi connectivity index (χ2n) is 6.95. The van der Waals surface area contributed by atoms with Crippen LogP contribution in [0.25, 0.3) is 0 Å². The van der Waals surface area contributed by atoms with E-state index in [1.165, 1.54) is 25.7 Å². The Morgan fingerprint density at radius 1 is 1.29 bits per heavy atom. The van der Waals surface area contributed by atoms with Crippen molar-refractivity contribution in [3.05, 3.63) is 0 Å². The van der Waals surface area contributed by atoms with Gasteiger partial charge in [0.05, 0.1) is 6.10 Å². The van der Waals surface area contributed by atoms with Gasteiger partial charge in [-0.3, -0.25) is 0 Å². The van der Waals surface area contributed by atoms with Gasteiger partial charge in [-0.25, -0.2) is 0 Å². The van der Waals surface area contributed by atoms with Crippen molar-refractivity contribution in [2.24, 2.45) is 17.1 Å². The lowest BCUT2D eigenvalue weighted by Gasteiger charge is -2.67. The second kappa shape index (κ2) is 3.69. The summed E-state index contributed by atoms with van der Waals surface area (Å²) in [4.78, 5) is 2.48. The maximum Gasteiger partial charge on any atom is 0.0690 e. The first-order valence-electron chi connectivity index (χ1n) is 7.07. The van der Waals surface area contributed by atoms with Crippen molar-refractivity contribution in [2.75, 3.05) is 20.2 Å². The Bertz CT molecular complexity index is 313. The molecule has 17 heavy (non-hydrogen) atoms. The van der Waals surface area contributed by atoms with Crippen LogP contribution in [0.15, 0.2) is 0 Å².